The maximum absolute atomic E-state index is 13.4. The van der Waals surface area contributed by atoms with Crippen molar-refractivity contribution >= 4 is 46.9 Å². The van der Waals surface area contributed by atoms with E-state index in [0.29, 0.717) is 39.9 Å². The Morgan fingerprint density at radius 1 is 0.920 bits per heavy atom. The Balaban J connectivity index is 0.000000521. The maximum atomic E-state index is 13.4. The SMILES string of the molecule is CC(CN)c1ccc(C(=O)Nc2ccccc2C(=O)Nc2ccc(Cl)cn2)c(OC2CCNCC2)c1.O=C(O)C(F)(F)F.O=C(O)C(F)(F)F. The summed E-state index contributed by atoms with van der Waals surface area (Å²) in [6, 6.07) is 15.6. The van der Waals surface area contributed by atoms with E-state index in [1.165, 1.54) is 6.20 Å². The number of rotatable bonds is 8. The van der Waals surface area contributed by atoms with E-state index in [9.17, 15) is 35.9 Å². The molecule has 50 heavy (non-hydrogen) atoms. The number of aliphatic carboxylic acids is 2. The molecular formula is C31H32ClF6N5O7. The van der Waals surface area contributed by atoms with Gasteiger partial charge in [-0.2, -0.15) is 26.3 Å². The standard InChI is InChI=1S/C27H30ClN5O3.2C2HF3O2/c1-17(15-29)18-6-8-22(24(14-18)36-20-10-12-30-13-11-20)27(35)32-23-5-3-2-4-21(23)26(34)33-25-9-7-19(28)16-31-25;2*3-2(4,5)1(6)7/h2-9,14,16-17,20,30H,10-13,15,29H2,1H3,(H,32,35)(H,31,33,34);2*(H,6,7). The first-order chi connectivity index (χ1) is 23.3. The molecule has 2 amide bonds. The van der Waals surface area contributed by atoms with Gasteiger partial charge in [0.25, 0.3) is 11.8 Å². The minimum absolute atomic E-state index is 0.0196. The summed E-state index contributed by atoms with van der Waals surface area (Å²) in [5.74, 6) is -5.28. The van der Waals surface area contributed by atoms with Crippen LogP contribution in [-0.2, 0) is 9.59 Å². The zero-order valence-electron chi connectivity index (χ0n) is 26.1. The number of benzene rings is 2. The number of hydrogen-bond acceptors (Lipinski definition) is 8. The molecule has 0 saturated carbocycles. The van der Waals surface area contributed by atoms with Gasteiger partial charge in [-0.05, 0) is 80.4 Å². The lowest BCUT2D eigenvalue weighted by Crippen LogP contribution is -2.34. The number of aromatic nitrogens is 1. The third kappa shape index (κ3) is 13.5. The van der Waals surface area contributed by atoms with Crippen molar-refractivity contribution in [2.24, 2.45) is 5.73 Å². The summed E-state index contributed by atoms with van der Waals surface area (Å²) in [5, 5.41) is 23.7. The van der Waals surface area contributed by atoms with Crippen LogP contribution in [0.25, 0.3) is 0 Å². The molecule has 0 aliphatic carbocycles. The van der Waals surface area contributed by atoms with Gasteiger partial charge < -0.3 is 36.6 Å². The summed E-state index contributed by atoms with van der Waals surface area (Å²) in [4.78, 5) is 48.2. The molecule has 1 fully saturated rings. The fourth-order valence-electron chi connectivity index (χ4n) is 3.97. The molecule has 0 spiro atoms. The van der Waals surface area contributed by atoms with Crippen LogP contribution in [0.4, 0.5) is 37.8 Å². The van der Waals surface area contributed by atoms with Gasteiger partial charge in [0.1, 0.15) is 17.7 Å². The van der Waals surface area contributed by atoms with Gasteiger partial charge in [-0.25, -0.2) is 14.6 Å². The first kappa shape index (κ1) is 41.2. The van der Waals surface area contributed by atoms with Gasteiger partial charge in [0.05, 0.1) is 21.8 Å². The monoisotopic (exact) mass is 735 g/mol. The van der Waals surface area contributed by atoms with Crippen molar-refractivity contribution in [3.63, 3.8) is 0 Å². The predicted octanol–water partition coefficient (Wildman–Crippen LogP) is 5.70. The number of alkyl halides is 6. The van der Waals surface area contributed by atoms with Crippen LogP contribution in [0.2, 0.25) is 5.02 Å². The van der Waals surface area contributed by atoms with Crippen LogP contribution in [0.3, 0.4) is 0 Å². The molecule has 2 aromatic carbocycles. The van der Waals surface area contributed by atoms with E-state index in [4.69, 9.17) is 41.9 Å². The summed E-state index contributed by atoms with van der Waals surface area (Å²) in [5.41, 5.74) is 7.95. The van der Waals surface area contributed by atoms with Crippen LogP contribution >= 0.6 is 11.6 Å². The highest BCUT2D eigenvalue weighted by atomic mass is 35.5. The summed E-state index contributed by atoms with van der Waals surface area (Å²) < 4.78 is 69.8. The molecule has 1 aromatic heterocycles. The van der Waals surface area contributed by atoms with Crippen molar-refractivity contribution in [2.75, 3.05) is 30.3 Å². The third-order valence-corrected chi connectivity index (χ3v) is 6.85. The average Bonchev–Trinajstić information content (AvgIpc) is 3.05. The molecule has 1 aliphatic rings. The van der Waals surface area contributed by atoms with Crippen molar-refractivity contribution in [2.45, 2.75) is 44.1 Å². The molecule has 1 aliphatic heterocycles. The molecule has 7 N–H and O–H groups in total. The fourth-order valence-corrected chi connectivity index (χ4v) is 4.08. The molecule has 1 atom stereocenters. The van der Waals surface area contributed by atoms with Crippen LogP contribution in [0.15, 0.2) is 60.8 Å². The van der Waals surface area contributed by atoms with Crippen LogP contribution < -0.4 is 26.4 Å². The Kier molecular flexibility index (Phi) is 15.4. The number of carbonyl (C=O) groups is 4. The number of carboxylic acid groups (broad SMARTS) is 2. The lowest BCUT2D eigenvalue weighted by atomic mass is 9.98. The number of nitrogens with two attached hydrogens (primary N) is 1. The Morgan fingerprint density at radius 3 is 2.00 bits per heavy atom. The van der Waals surface area contributed by atoms with Crippen molar-refractivity contribution < 1.29 is 60.5 Å². The zero-order valence-corrected chi connectivity index (χ0v) is 26.8. The number of hydrogen-bond donors (Lipinski definition) is 6. The second-order valence-electron chi connectivity index (χ2n) is 10.4. The van der Waals surface area contributed by atoms with Crippen molar-refractivity contribution in [1.29, 1.82) is 0 Å². The van der Waals surface area contributed by atoms with Gasteiger partial charge >= 0.3 is 24.3 Å². The lowest BCUT2D eigenvalue weighted by molar-refractivity contribution is -0.193. The molecular weight excluding hydrogens is 704 g/mol. The first-order valence-corrected chi connectivity index (χ1v) is 14.9. The van der Waals surface area contributed by atoms with E-state index in [2.05, 4.69) is 20.9 Å². The molecule has 1 unspecified atom stereocenters. The molecule has 272 valence electrons. The van der Waals surface area contributed by atoms with Gasteiger partial charge in [0.15, 0.2) is 0 Å². The molecule has 4 rings (SSSR count). The van der Waals surface area contributed by atoms with Crippen LogP contribution in [-0.4, -0.2) is 77.0 Å². The normalized spacial score (nSPS) is 13.7. The molecule has 0 radical (unpaired) electrons. The second kappa shape index (κ2) is 18.7. The number of para-hydroxylation sites is 1. The van der Waals surface area contributed by atoms with Gasteiger partial charge in [-0.1, -0.05) is 36.7 Å². The number of nitrogens with one attached hydrogen (secondary N) is 3. The van der Waals surface area contributed by atoms with E-state index >= 15 is 0 Å². The summed E-state index contributed by atoms with van der Waals surface area (Å²) in [6.45, 7) is 4.27. The number of pyridine rings is 1. The highest BCUT2D eigenvalue weighted by Crippen LogP contribution is 2.29. The second-order valence-corrected chi connectivity index (χ2v) is 10.8. The van der Waals surface area contributed by atoms with E-state index < -0.39 is 30.2 Å². The minimum Gasteiger partial charge on any atom is -0.489 e. The van der Waals surface area contributed by atoms with Crippen molar-refractivity contribution in [3.05, 3.63) is 82.5 Å². The van der Waals surface area contributed by atoms with E-state index in [1.54, 1.807) is 42.5 Å². The van der Waals surface area contributed by atoms with Gasteiger partial charge in [-0.3, -0.25) is 9.59 Å². The quantitative estimate of drug-likeness (QED) is 0.156. The number of anilines is 2. The Hall–Kier alpha value is -4.94. The van der Waals surface area contributed by atoms with Crippen molar-refractivity contribution in [1.82, 2.24) is 10.3 Å². The topological polar surface area (TPSA) is 193 Å². The zero-order chi connectivity index (χ0) is 37.6. The Morgan fingerprint density at radius 2 is 1.48 bits per heavy atom. The summed E-state index contributed by atoms with van der Waals surface area (Å²) >= 11 is 5.87. The molecule has 1 saturated heterocycles. The number of nitrogens with zero attached hydrogens (tertiary/aromatic N) is 1. The third-order valence-electron chi connectivity index (χ3n) is 6.63. The molecule has 19 heteroatoms. The van der Waals surface area contributed by atoms with Gasteiger partial charge in [-0.15, -0.1) is 0 Å². The number of amides is 2. The van der Waals surface area contributed by atoms with Crippen LogP contribution in [0.1, 0.15) is 52.0 Å². The average molecular weight is 736 g/mol. The number of carboxylic acids is 2. The fraction of sp³-hybridized carbons (Fsp3) is 0.323. The highest BCUT2D eigenvalue weighted by molar-refractivity contribution is 6.30. The van der Waals surface area contributed by atoms with Crippen LogP contribution in [0, 0.1) is 0 Å². The molecule has 3 aromatic rings. The summed E-state index contributed by atoms with van der Waals surface area (Å²) in [7, 11) is 0. The number of piperidine rings is 1. The van der Waals surface area contributed by atoms with Crippen molar-refractivity contribution in [3.8, 4) is 5.75 Å². The van der Waals surface area contributed by atoms with E-state index in [1.807, 2.05) is 19.1 Å². The van der Waals surface area contributed by atoms with E-state index in [0.717, 1.165) is 31.5 Å². The van der Waals surface area contributed by atoms with Gasteiger partial charge in [0, 0.05) is 6.20 Å². The first-order valence-electron chi connectivity index (χ1n) is 14.5. The molecule has 0 bridgehead atoms. The smallest absolute Gasteiger partial charge is 0.489 e. The number of ether oxygens (including phenoxy) is 1. The molecule has 2 heterocycles. The van der Waals surface area contributed by atoms with Crippen LogP contribution in [0.5, 0.6) is 5.75 Å². The van der Waals surface area contributed by atoms with E-state index in [-0.39, 0.29) is 17.9 Å². The molecule has 12 nitrogen and oxygen atoms in total. The highest BCUT2D eigenvalue weighted by Gasteiger charge is 2.39. The summed E-state index contributed by atoms with van der Waals surface area (Å²) in [6.07, 6.45) is -6.98. The number of halogens is 7. The predicted molar refractivity (Wildman–Crippen MR) is 169 cm³/mol. The Bertz CT molecular complexity index is 1590. The Labute approximate surface area is 286 Å². The number of carbonyl (C=O) groups excluding carboxylic acids is 2. The maximum Gasteiger partial charge on any atom is 0.490 e. The largest absolute Gasteiger partial charge is 0.490 e. The minimum atomic E-state index is -5.08. The lowest BCUT2D eigenvalue weighted by Gasteiger charge is -2.25. The van der Waals surface area contributed by atoms with Gasteiger partial charge in [0.2, 0.25) is 0 Å².